The molecule has 0 aliphatic rings. The summed E-state index contributed by atoms with van der Waals surface area (Å²) in [6.45, 7) is 0. The quantitative estimate of drug-likeness (QED) is 0.819. The van der Waals surface area contributed by atoms with Crippen molar-refractivity contribution in [3.05, 3.63) is 41.2 Å². The molecule has 0 radical (unpaired) electrons. The maximum absolute atomic E-state index is 11.4. The molecule has 1 aromatic carbocycles. The molecule has 96 valence electrons. The van der Waals surface area contributed by atoms with Crippen molar-refractivity contribution in [3.63, 3.8) is 0 Å². The van der Waals surface area contributed by atoms with Gasteiger partial charge in [-0.05, 0) is 17.7 Å². The second-order valence-electron chi connectivity index (χ2n) is 3.81. The highest BCUT2D eigenvalue weighted by Gasteiger charge is 2.12. The molecule has 4 nitrogen and oxygen atoms in total. The number of hydrogen-bond acceptors (Lipinski definition) is 3. The summed E-state index contributed by atoms with van der Waals surface area (Å²) in [6.07, 6.45) is 3.85. The van der Waals surface area contributed by atoms with Crippen LogP contribution in [0, 0.1) is 0 Å². The van der Waals surface area contributed by atoms with E-state index in [-0.39, 0.29) is 4.90 Å². The van der Waals surface area contributed by atoms with Gasteiger partial charge in [0, 0.05) is 18.3 Å². The Morgan fingerprint density at radius 1 is 1.39 bits per heavy atom. The number of benzene rings is 1. The van der Waals surface area contributed by atoms with E-state index < -0.39 is 9.84 Å². The number of aromatic nitrogens is 2. The first kappa shape index (κ1) is 13.4. The summed E-state index contributed by atoms with van der Waals surface area (Å²) in [5.41, 5.74) is 1.50. The van der Waals surface area contributed by atoms with Crippen molar-refractivity contribution < 1.29 is 8.42 Å². The Morgan fingerprint density at radius 2 is 2.11 bits per heavy atom. The highest BCUT2D eigenvalue weighted by atomic mass is 35.5. The van der Waals surface area contributed by atoms with Gasteiger partial charge in [0.15, 0.2) is 9.84 Å². The van der Waals surface area contributed by atoms with Gasteiger partial charge in [0.05, 0.1) is 16.9 Å². The molecule has 0 saturated heterocycles. The summed E-state index contributed by atoms with van der Waals surface area (Å²) < 4.78 is 24.1. The van der Waals surface area contributed by atoms with Gasteiger partial charge in [0.1, 0.15) is 4.90 Å². The standard InChI is InChI=1S/C11H10Cl2N2O2S/c1-18(16,17)9-6-14-15(7-9)11-3-2-8(5-12)4-10(11)13/h2-4,6-7H,5H2,1H3. The molecule has 0 saturated carbocycles. The van der Waals surface area contributed by atoms with Crippen molar-refractivity contribution in [1.82, 2.24) is 9.78 Å². The molecule has 1 aromatic heterocycles. The van der Waals surface area contributed by atoms with Gasteiger partial charge in [-0.3, -0.25) is 0 Å². The zero-order valence-corrected chi connectivity index (χ0v) is 11.8. The third-order valence-corrected chi connectivity index (χ3v) is 4.08. The van der Waals surface area contributed by atoms with E-state index in [1.54, 1.807) is 12.1 Å². The molecule has 0 bridgehead atoms. The van der Waals surface area contributed by atoms with Gasteiger partial charge in [-0.15, -0.1) is 11.6 Å². The summed E-state index contributed by atoms with van der Waals surface area (Å²) >= 11 is 11.8. The minimum absolute atomic E-state index is 0.153. The lowest BCUT2D eigenvalue weighted by molar-refractivity contribution is 0.602. The Hall–Kier alpha value is -1.04. The van der Waals surface area contributed by atoms with Crippen LogP contribution in [0.25, 0.3) is 5.69 Å². The molecule has 1 heterocycles. The van der Waals surface area contributed by atoms with Gasteiger partial charge in [-0.1, -0.05) is 17.7 Å². The summed E-state index contributed by atoms with van der Waals surface area (Å²) in [7, 11) is -3.26. The third kappa shape index (κ3) is 2.68. The first-order valence-corrected chi connectivity index (χ1v) is 7.81. The average Bonchev–Trinajstić information content (AvgIpc) is 2.77. The van der Waals surface area contributed by atoms with Crippen molar-refractivity contribution in [2.24, 2.45) is 0 Å². The van der Waals surface area contributed by atoms with Crippen LogP contribution in [0.1, 0.15) is 5.56 Å². The fraction of sp³-hybridized carbons (Fsp3) is 0.182. The van der Waals surface area contributed by atoms with Crippen molar-refractivity contribution in [2.45, 2.75) is 10.8 Å². The van der Waals surface area contributed by atoms with Gasteiger partial charge in [-0.25, -0.2) is 13.1 Å². The van der Waals surface area contributed by atoms with Crippen LogP contribution in [0.2, 0.25) is 5.02 Å². The zero-order chi connectivity index (χ0) is 13.3. The van der Waals surface area contributed by atoms with Crippen molar-refractivity contribution >= 4 is 33.0 Å². The number of rotatable bonds is 3. The molecular formula is C11H10Cl2N2O2S. The first-order valence-electron chi connectivity index (χ1n) is 5.01. The number of hydrogen-bond donors (Lipinski definition) is 0. The third-order valence-electron chi connectivity index (χ3n) is 2.40. The number of sulfone groups is 1. The molecule has 0 atom stereocenters. The topological polar surface area (TPSA) is 52.0 Å². The van der Waals surface area contributed by atoms with Crippen LogP contribution in [-0.4, -0.2) is 24.5 Å². The molecule has 0 spiro atoms. The summed E-state index contributed by atoms with van der Waals surface area (Å²) in [5, 5.41) is 4.46. The van der Waals surface area contributed by atoms with E-state index in [0.29, 0.717) is 16.6 Å². The van der Waals surface area contributed by atoms with Crippen LogP contribution in [0.5, 0.6) is 0 Å². The van der Waals surface area contributed by atoms with Gasteiger partial charge in [-0.2, -0.15) is 5.10 Å². The normalized spacial score (nSPS) is 11.7. The lowest BCUT2D eigenvalue weighted by Crippen LogP contribution is -1.97. The minimum atomic E-state index is -3.26. The van der Waals surface area contributed by atoms with E-state index >= 15 is 0 Å². The molecule has 7 heteroatoms. The number of nitrogens with zero attached hydrogens (tertiary/aromatic N) is 2. The van der Waals surface area contributed by atoms with Crippen LogP contribution in [0.3, 0.4) is 0 Å². The summed E-state index contributed by atoms with van der Waals surface area (Å²) in [5.74, 6) is 0.369. The van der Waals surface area contributed by atoms with Gasteiger partial charge in [0.25, 0.3) is 0 Å². The number of alkyl halides is 1. The largest absolute Gasteiger partial charge is 0.238 e. The van der Waals surface area contributed by atoms with Gasteiger partial charge < -0.3 is 0 Å². The maximum atomic E-state index is 11.4. The molecule has 18 heavy (non-hydrogen) atoms. The smallest absolute Gasteiger partial charge is 0.178 e. The van der Waals surface area contributed by atoms with E-state index in [0.717, 1.165) is 11.8 Å². The molecule has 0 aliphatic carbocycles. The lowest BCUT2D eigenvalue weighted by atomic mass is 10.2. The fourth-order valence-electron chi connectivity index (χ4n) is 1.45. The van der Waals surface area contributed by atoms with E-state index in [2.05, 4.69) is 5.10 Å². The van der Waals surface area contributed by atoms with Crippen LogP contribution in [-0.2, 0) is 15.7 Å². The van der Waals surface area contributed by atoms with Gasteiger partial charge >= 0.3 is 0 Å². The van der Waals surface area contributed by atoms with E-state index in [1.165, 1.54) is 17.1 Å². The molecule has 2 aromatic rings. The Balaban J connectivity index is 2.47. The molecule has 0 N–H and O–H groups in total. The molecule has 0 amide bonds. The Labute approximate surface area is 115 Å². The van der Waals surface area contributed by atoms with E-state index in [1.807, 2.05) is 6.07 Å². The second-order valence-corrected chi connectivity index (χ2v) is 6.50. The monoisotopic (exact) mass is 304 g/mol. The summed E-state index contributed by atoms with van der Waals surface area (Å²) in [4.78, 5) is 0.153. The van der Waals surface area contributed by atoms with Crippen molar-refractivity contribution in [1.29, 1.82) is 0 Å². The lowest BCUT2D eigenvalue weighted by Gasteiger charge is -2.05. The predicted molar refractivity (Wildman–Crippen MR) is 71.2 cm³/mol. The maximum Gasteiger partial charge on any atom is 0.178 e. The van der Waals surface area contributed by atoms with Crippen molar-refractivity contribution in [2.75, 3.05) is 6.26 Å². The number of halogens is 2. The Morgan fingerprint density at radius 3 is 2.61 bits per heavy atom. The Kier molecular flexibility index (Phi) is 3.66. The van der Waals surface area contributed by atoms with Crippen LogP contribution in [0.15, 0.2) is 35.5 Å². The van der Waals surface area contributed by atoms with Crippen LogP contribution >= 0.6 is 23.2 Å². The van der Waals surface area contributed by atoms with E-state index in [9.17, 15) is 8.42 Å². The molecule has 0 unspecified atom stereocenters. The zero-order valence-electron chi connectivity index (χ0n) is 9.47. The molecular weight excluding hydrogens is 295 g/mol. The average molecular weight is 305 g/mol. The van der Waals surface area contributed by atoms with Gasteiger partial charge in [0.2, 0.25) is 0 Å². The van der Waals surface area contributed by atoms with E-state index in [4.69, 9.17) is 23.2 Å². The first-order chi connectivity index (χ1) is 8.41. The molecule has 0 aliphatic heterocycles. The molecule has 0 fully saturated rings. The fourth-order valence-corrected chi connectivity index (χ4v) is 2.43. The van der Waals surface area contributed by atoms with Crippen molar-refractivity contribution in [3.8, 4) is 5.69 Å². The minimum Gasteiger partial charge on any atom is -0.238 e. The van der Waals surface area contributed by atoms with Crippen LogP contribution in [0.4, 0.5) is 0 Å². The SMILES string of the molecule is CS(=O)(=O)c1cnn(-c2ccc(CCl)cc2Cl)c1. The Bertz CT molecular complexity index is 680. The summed E-state index contributed by atoms with van der Waals surface area (Å²) in [6, 6.07) is 5.29. The second kappa shape index (κ2) is 4.91. The predicted octanol–water partition coefficient (Wildman–Crippen LogP) is 2.67. The molecule has 2 rings (SSSR count). The van der Waals surface area contributed by atoms with Crippen LogP contribution < -0.4 is 0 Å². The highest BCUT2D eigenvalue weighted by Crippen LogP contribution is 2.23. The highest BCUT2D eigenvalue weighted by molar-refractivity contribution is 7.90.